The Bertz CT molecular complexity index is 1060. The molecule has 0 N–H and O–H groups in total. The highest BCUT2D eigenvalue weighted by Gasteiger charge is 2.15. The van der Waals surface area contributed by atoms with E-state index in [1.165, 1.54) is 11.3 Å². The lowest BCUT2D eigenvalue weighted by molar-refractivity contribution is 0.0433. The SMILES string of the molecule is O=C(OCc1ncc(-c2ccc(Cl)cc2)o1)c1csc(-c2ccccc2)n1. The van der Waals surface area contributed by atoms with Crippen molar-refractivity contribution >= 4 is 28.9 Å². The minimum atomic E-state index is -0.514. The van der Waals surface area contributed by atoms with Crippen molar-refractivity contribution in [1.82, 2.24) is 9.97 Å². The fourth-order valence-corrected chi connectivity index (χ4v) is 3.33. The zero-order valence-corrected chi connectivity index (χ0v) is 15.5. The fraction of sp³-hybridized carbons (Fsp3) is 0.0500. The Kier molecular flexibility index (Phi) is 5.00. The Morgan fingerprint density at radius 2 is 1.85 bits per heavy atom. The number of hydrogen-bond acceptors (Lipinski definition) is 6. The normalized spacial score (nSPS) is 10.7. The molecule has 0 spiro atoms. The second kappa shape index (κ2) is 7.73. The predicted molar refractivity (Wildman–Crippen MR) is 104 cm³/mol. The molecule has 0 atom stereocenters. The van der Waals surface area contributed by atoms with Crippen molar-refractivity contribution in [2.75, 3.05) is 0 Å². The summed E-state index contributed by atoms with van der Waals surface area (Å²) in [7, 11) is 0. The molecule has 27 heavy (non-hydrogen) atoms. The topological polar surface area (TPSA) is 65.2 Å². The molecule has 134 valence electrons. The highest BCUT2D eigenvalue weighted by Crippen LogP contribution is 2.25. The molecule has 0 bridgehead atoms. The summed E-state index contributed by atoms with van der Waals surface area (Å²) in [5.41, 5.74) is 2.07. The van der Waals surface area contributed by atoms with Gasteiger partial charge in [-0.3, -0.25) is 0 Å². The minimum Gasteiger partial charge on any atom is -0.451 e. The highest BCUT2D eigenvalue weighted by atomic mass is 35.5. The number of rotatable bonds is 5. The van der Waals surface area contributed by atoms with Gasteiger partial charge in [0.05, 0.1) is 6.20 Å². The second-order valence-electron chi connectivity index (χ2n) is 5.61. The smallest absolute Gasteiger partial charge is 0.358 e. The molecular weight excluding hydrogens is 384 g/mol. The Labute approximate surface area is 164 Å². The van der Waals surface area contributed by atoms with Crippen LogP contribution in [0.1, 0.15) is 16.4 Å². The van der Waals surface area contributed by atoms with Crippen LogP contribution in [-0.4, -0.2) is 15.9 Å². The van der Waals surface area contributed by atoms with Gasteiger partial charge in [0.15, 0.2) is 18.1 Å². The maximum absolute atomic E-state index is 12.2. The molecule has 7 heteroatoms. The van der Waals surface area contributed by atoms with Gasteiger partial charge in [0.25, 0.3) is 0 Å². The van der Waals surface area contributed by atoms with Gasteiger partial charge >= 0.3 is 5.97 Å². The molecule has 0 amide bonds. The summed E-state index contributed by atoms with van der Waals surface area (Å²) < 4.78 is 10.9. The lowest BCUT2D eigenvalue weighted by atomic mass is 10.2. The molecule has 0 aliphatic rings. The first-order valence-electron chi connectivity index (χ1n) is 8.08. The number of ether oxygens (including phenoxy) is 1. The van der Waals surface area contributed by atoms with Crippen LogP contribution >= 0.6 is 22.9 Å². The lowest BCUT2D eigenvalue weighted by Crippen LogP contribution is -2.05. The highest BCUT2D eigenvalue weighted by molar-refractivity contribution is 7.13. The van der Waals surface area contributed by atoms with Gasteiger partial charge in [0.1, 0.15) is 5.01 Å². The first-order chi connectivity index (χ1) is 13.2. The number of benzene rings is 2. The van der Waals surface area contributed by atoms with Crippen LogP contribution in [0.4, 0.5) is 0 Å². The maximum atomic E-state index is 12.2. The lowest BCUT2D eigenvalue weighted by Gasteiger charge is -2.00. The molecule has 0 aliphatic heterocycles. The number of halogens is 1. The first kappa shape index (κ1) is 17.5. The average molecular weight is 397 g/mol. The zero-order valence-electron chi connectivity index (χ0n) is 14.0. The van der Waals surface area contributed by atoms with Crippen LogP contribution in [0.3, 0.4) is 0 Å². The summed E-state index contributed by atoms with van der Waals surface area (Å²) in [5, 5.41) is 3.09. The van der Waals surface area contributed by atoms with E-state index < -0.39 is 5.97 Å². The third-order valence-corrected chi connectivity index (χ3v) is 4.89. The molecule has 0 saturated heterocycles. The van der Waals surface area contributed by atoms with Crippen LogP contribution in [0, 0.1) is 0 Å². The van der Waals surface area contributed by atoms with E-state index in [9.17, 15) is 4.79 Å². The summed E-state index contributed by atoms with van der Waals surface area (Å²) in [6, 6.07) is 16.9. The molecular formula is C20H13ClN2O3S. The van der Waals surface area contributed by atoms with Crippen molar-refractivity contribution in [1.29, 1.82) is 0 Å². The molecule has 0 saturated carbocycles. The maximum Gasteiger partial charge on any atom is 0.358 e. The molecule has 0 aliphatic carbocycles. The number of oxazole rings is 1. The molecule has 0 radical (unpaired) electrons. The van der Waals surface area contributed by atoms with Crippen LogP contribution in [-0.2, 0) is 11.3 Å². The summed E-state index contributed by atoms with van der Waals surface area (Å²) in [5.74, 6) is 0.379. The number of esters is 1. The molecule has 2 aromatic carbocycles. The van der Waals surface area contributed by atoms with Gasteiger partial charge in [-0.25, -0.2) is 14.8 Å². The summed E-state index contributed by atoms with van der Waals surface area (Å²) in [6.45, 7) is -0.0649. The van der Waals surface area contributed by atoms with Gasteiger partial charge in [-0.15, -0.1) is 11.3 Å². The van der Waals surface area contributed by atoms with Crippen molar-refractivity contribution in [3.05, 3.63) is 82.8 Å². The molecule has 4 aromatic rings. The summed E-state index contributed by atoms with van der Waals surface area (Å²) >= 11 is 7.27. The molecule has 2 heterocycles. The number of carbonyl (C=O) groups is 1. The Morgan fingerprint density at radius 1 is 1.07 bits per heavy atom. The number of hydrogen-bond donors (Lipinski definition) is 0. The van der Waals surface area contributed by atoms with Crippen LogP contribution in [0.15, 0.2) is 70.6 Å². The van der Waals surface area contributed by atoms with Crippen LogP contribution in [0.25, 0.3) is 21.9 Å². The van der Waals surface area contributed by atoms with E-state index in [0.717, 1.165) is 16.1 Å². The van der Waals surface area contributed by atoms with Gasteiger partial charge in [0, 0.05) is 21.5 Å². The standard InChI is InChI=1S/C20H13ClN2O3S/c21-15-8-6-13(7-9-15)17-10-22-18(26-17)11-25-20(24)16-12-27-19(23-16)14-4-2-1-3-5-14/h1-10,12H,11H2. The van der Waals surface area contributed by atoms with Crippen molar-refractivity contribution < 1.29 is 13.9 Å². The van der Waals surface area contributed by atoms with Crippen molar-refractivity contribution in [3.63, 3.8) is 0 Å². The zero-order chi connectivity index (χ0) is 18.6. The monoisotopic (exact) mass is 396 g/mol. The first-order valence-corrected chi connectivity index (χ1v) is 9.33. The number of thiazole rings is 1. The molecule has 2 aromatic heterocycles. The van der Waals surface area contributed by atoms with E-state index >= 15 is 0 Å². The fourth-order valence-electron chi connectivity index (χ4n) is 2.41. The van der Waals surface area contributed by atoms with Crippen molar-refractivity contribution in [3.8, 4) is 21.9 Å². The van der Waals surface area contributed by atoms with E-state index in [1.807, 2.05) is 42.5 Å². The number of carbonyl (C=O) groups excluding carboxylic acids is 1. The predicted octanol–water partition coefficient (Wildman–Crippen LogP) is 5.48. The van der Waals surface area contributed by atoms with Crippen molar-refractivity contribution in [2.24, 2.45) is 0 Å². The Morgan fingerprint density at radius 3 is 2.63 bits per heavy atom. The van der Waals surface area contributed by atoms with Gasteiger partial charge in [-0.2, -0.15) is 0 Å². The summed E-state index contributed by atoms with van der Waals surface area (Å²) in [6.07, 6.45) is 1.59. The average Bonchev–Trinajstić information content (AvgIpc) is 3.37. The van der Waals surface area contributed by atoms with Gasteiger partial charge in [-0.05, 0) is 24.3 Å². The summed E-state index contributed by atoms with van der Waals surface area (Å²) in [4.78, 5) is 20.7. The molecule has 5 nitrogen and oxygen atoms in total. The van der Waals surface area contributed by atoms with Gasteiger partial charge < -0.3 is 9.15 Å². The van der Waals surface area contributed by atoms with E-state index in [1.54, 1.807) is 23.7 Å². The van der Waals surface area contributed by atoms with Crippen molar-refractivity contribution in [2.45, 2.75) is 6.61 Å². The van der Waals surface area contributed by atoms with Gasteiger partial charge in [0.2, 0.25) is 5.89 Å². The van der Waals surface area contributed by atoms with E-state index in [-0.39, 0.29) is 12.3 Å². The van der Waals surface area contributed by atoms with E-state index in [2.05, 4.69) is 9.97 Å². The Balaban J connectivity index is 1.40. The Hall–Kier alpha value is -2.96. The minimum absolute atomic E-state index is 0.0649. The number of nitrogens with zero attached hydrogens (tertiary/aromatic N) is 2. The van der Waals surface area contributed by atoms with Crippen LogP contribution in [0.2, 0.25) is 5.02 Å². The van der Waals surface area contributed by atoms with Crippen LogP contribution in [0.5, 0.6) is 0 Å². The molecule has 4 rings (SSSR count). The largest absolute Gasteiger partial charge is 0.451 e. The third-order valence-electron chi connectivity index (χ3n) is 3.74. The second-order valence-corrected chi connectivity index (χ2v) is 6.90. The quantitative estimate of drug-likeness (QED) is 0.418. The molecule has 0 fully saturated rings. The third kappa shape index (κ3) is 4.07. The van der Waals surface area contributed by atoms with E-state index in [4.69, 9.17) is 20.8 Å². The van der Waals surface area contributed by atoms with Crippen LogP contribution < -0.4 is 0 Å². The van der Waals surface area contributed by atoms with E-state index in [0.29, 0.717) is 16.7 Å². The van der Waals surface area contributed by atoms with Gasteiger partial charge in [-0.1, -0.05) is 41.9 Å². The molecule has 0 unspecified atom stereocenters. The number of aromatic nitrogens is 2.